The van der Waals surface area contributed by atoms with Crippen molar-refractivity contribution in [3.8, 4) is 0 Å². The van der Waals surface area contributed by atoms with Gasteiger partial charge in [0.15, 0.2) is 5.11 Å². The minimum atomic E-state index is 0.532. The average molecular weight is 319 g/mol. The molecule has 2 N–H and O–H groups in total. The highest BCUT2D eigenvalue weighted by Crippen LogP contribution is 2.17. The van der Waals surface area contributed by atoms with Gasteiger partial charge in [0, 0.05) is 18.3 Å². The van der Waals surface area contributed by atoms with Crippen molar-refractivity contribution in [2.75, 3.05) is 10.6 Å². The van der Waals surface area contributed by atoms with E-state index in [-0.39, 0.29) is 0 Å². The molecule has 1 aromatic heterocycles. The van der Waals surface area contributed by atoms with Crippen LogP contribution in [0.3, 0.4) is 0 Å². The first-order chi connectivity index (χ1) is 11.3. The molecule has 114 valence electrons. The van der Waals surface area contributed by atoms with Crippen molar-refractivity contribution in [3.63, 3.8) is 0 Å². The van der Waals surface area contributed by atoms with Gasteiger partial charge in [-0.15, -0.1) is 0 Å². The number of benzene rings is 2. The first-order valence-corrected chi connectivity index (χ1v) is 7.83. The van der Waals surface area contributed by atoms with E-state index >= 15 is 0 Å². The molecule has 0 bridgehead atoms. The van der Waals surface area contributed by atoms with Gasteiger partial charge in [-0.1, -0.05) is 54.6 Å². The van der Waals surface area contributed by atoms with Crippen LogP contribution in [0.2, 0.25) is 0 Å². The van der Waals surface area contributed by atoms with Crippen molar-refractivity contribution in [2.45, 2.75) is 6.42 Å². The topological polar surface area (TPSA) is 37.0 Å². The summed E-state index contributed by atoms with van der Waals surface area (Å²) in [5.41, 5.74) is 3.30. The van der Waals surface area contributed by atoms with Gasteiger partial charge in [-0.05, 0) is 41.5 Å². The quantitative estimate of drug-likeness (QED) is 0.695. The van der Waals surface area contributed by atoms with Crippen molar-refractivity contribution >= 4 is 28.8 Å². The van der Waals surface area contributed by atoms with Gasteiger partial charge in [-0.25, -0.2) is 4.98 Å². The molecular weight excluding hydrogens is 302 g/mol. The van der Waals surface area contributed by atoms with Crippen LogP contribution in [0.1, 0.15) is 11.1 Å². The Morgan fingerprint density at radius 1 is 0.826 bits per heavy atom. The Hall–Kier alpha value is -2.72. The fourth-order valence-corrected chi connectivity index (χ4v) is 2.52. The smallest absolute Gasteiger partial charge is 0.176 e. The van der Waals surface area contributed by atoms with Crippen LogP contribution in [-0.2, 0) is 6.42 Å². The minimum absolute atomic E-state index is 0.532. The van der Waals surface area contributed by atoms with Crippen molar-refractivity contribution in [3.05, 3.63) is 90.1 Å². The van der Waals surface area contributed by atoms with Crippen molar-refractivity contribution < 1.29 is 0 Å². The SMILES string of the molecule is S=C(Nc1ccccc1)Nc1ncccc1Cc1ccccc1. The molecule has 0 amide bonds. The van der Waals surface area contributed by atoms with E-state index in [4.69, 9.17) is 12.2 Å². The predicted molar refractivity (Wildman–Crippen MR) is 99.8 cm³/mol. The van der Waals surface area contributed by atoms with Crippen LogP contribution in [0.15, 0.2) is 79.0 Å². The maximum Gasteiger partial charge on any atom is 0.176 e. The Balaban J connectivity index is 1.71. The summed E-state index contributed by atoms with van der Waals surface area (Å²) in [5.74, 6) is 0.782. The van der Waals surface area contributed by atoms with E-state index in [0.29, 0.717) is 5.11 Å². The summed E-state index contributed by atoms with van der Waals surface area (Å²) in [5, 5.41) is 6.88. The van der Waals surface area contributed by atoms with E-state index in [2.05, 4.69) is 33.8 Å². The van der Waals surface area contributed by atoms with E-state index in [1.54, 1.807) is 6.20 Å². The van der Waals surface area contributed by atoms with Crippen LogP contribution in [0.5, 0.6) is 0 Å². The summed E-state index contributed by atoms with van der Waals surface area (Å²) in [6.07, 6.45) is 2.58. The van der Waals surface area contributed by atoms with Gasteiger partial charge < -0.3 is 10.6 Å². The number of nitrogens with zero attached hydrogens (tertiary/aromatic N) is 1. The van der Waals surface area contributed by atoms with Crippen LogP contribution in [-0.4, -0.2) is 10.1 Å². The Kier molecular flexibility index (Phi) is 4.96. The van der Waals surface area contributed by atoms with E-state index in [1.807, 2.05) is 54.6 Å². The minimum Gasteiger partial charge on any atom is -0.332 e. The Morgan fingerprint density at radius 2 is 1.52 bits per heavy atom. The molecule has 3 rings (SSSR count). The van der Waals surface area contributed by atoms with Crippen molar-refractivity contribution in [1.82, 2.24) is 4.98 Å². The molecule has 0 unspecified atom stereocenters. The summed E-state index contributed by atoms with van der Waals surface area (Å²) in [6.45, 7) is 0. The predicted octanol–water partition coefficient (Wildman–Crippen LogP) is 4.48. The molecule has 0 radical (unpaired) electrons. The second kappa shape index (κ2) is 7.51. The van der Waals surface area contributed by atoms with E-state index < -0.39 is 0 Å². The summed E-state index contributed by atoms with van der Waals surface area (Å²) in [6, 6.07) is 24.2. The summed E-state index contributed by atoms with van der Waals surface area (Å²) in [4.78, 5) is 4.42. The Morgan fingerprint density at radius 3 is 2.26 bits per heavy atom. The van der Waals surface area contributed by atoms with Gasteiger partial charge in [-0.2, -0.15) is 0 Å². The largest absolute Gasteiger partial charge is 0.332 e. The molecule has 3 aromatic rings. The van der Waals surface area contributed by atoms with Crippen LogP contribution in [0.4, 0.5) is 11.5 Å². The van der Waals surface area contributed by atoms with Gasteiger partial charge in [0.1, 0.15) is 5.82 Å². The molecule has 23 heavy (non-hydrogen) atoms. The average Bonchev–Trinajstić information content (AvgIpc) is 2.58. The monoisotopic (exact) mass is 319 g/mol. The molecule has 0 aliphatic carbocycles. The first-order valence-electron chi connectivity index (χ1n) is 7.42. The van der Waals surface area contributed by atoms with Crippen LogP contribution in [0, 0.1) is 0 Å². The number of hydrogen-bond donors (Lipinski definition) is 2. The molecule has 4 heteroatoms. The van der Waals surface area contributed by atoms with Crippen LogP contribution < -0.4 is 10.6 Å². The lowest BCUT2D eigenvalue weighted by Gasteiger charge is -2.13. The number of rotatable bonds is 4. The number of thiocarbonyl (C=S) groups is 1. The highest BCUT2D eigenvalue weighted by Gasteiger charge is 2.06. The highest BCUT2D eigenvalue weighted by molar-refractivity contribution is 7.80. The first kappa shape index (κ1) is 15.2. The van der Waals surface area contributed by atoms with Crippen molar-refractivity contribution in [1.29, 1.82) is 0 Å². The molecule has 0 fully saturated rings. The molecule has 3 nitrogen and oxygen atoms in total. The van der Waals surface area contributed by atoms with Crippen LogP contribution >= 0.6 is 12.2 Å². The maximum atomic E-state index is 5.38. The number of pyridine rings is 1. The lowest BCUT2D eigenvalue weighted by molar-refractivity contribution is 1.15. The Bertz CT molecular complexity index is 773. The fraction of sp³-hybridized carbons (Fsp3) is 0.0526. The second-order valence-corrected chi connectivity index (χ2v) is 5.53. The third kappa shape index (κ3) is 4.37. The molecular formula is C19H17N3S. The van der Waals surface area contributed by atoms with E-state index in [0.717, 1.165) is 23.5 Å². The number of aromatic nitrogens is 1. The molecule has 0 saturated carbocycles. The zero-order valence-electron chi connectivity index (χ0n) is 12.6. The molecule has 2 aromatic carbocycles. The molecule has 0 atom stereocenters. The van der Waals surface area contributed by atoms with E-state index in [1.165, 1.54) is 5.56 Å². The second-order valence-electron chi connectivity index (χ2n) is 5.12. The number of nitrogens with one attached hydrogen (secondary N) is 2. The lowest BCUT2D eigenvalue weighted by Crippen LogP contribution is -2.20. The van der Waals surface area contributed by atoms with Gasteiger partial charge in [0.05, 0.1) is 0 Å². The van der Waals surface area contributed by atoms with Crippen LogP contribution in [0.25, 0.3) is 0 Å². The van der Waals surface area contributed by atoms with E-state index in [9.17, 15) is 0 Å². The highest BCUT2D eigenvalue weighted by atomic mass is 32.1. The molecule has 0 aliphatic rings. The zero-order chi connectivity index (χ0) is 15.9. The normalized spacial score (nSPS) is 10.1. The lowest BCUT2D eigenvalue weighted by atomic mass is 10.1. The third-order valence-electron chi connectivity index (χ3n) is 3.39. The third-order valence-corrected chi connectivity index (χ3v) is 3.60. The molecule has 0 spiro atoms. The standard InChI is InChI=1S/C19H17N3S/c23-19(21-17-11-5-2-6-12-17)22-18-16(10-7-13-20-18)14-15-8-3-1-4-9-15/h1-13H,14H2,(H2,20,21,22,23). The number of anilines is 2. The molecule has 0 saturated heterocycles. The molecule has 0 aliphatic heterocycles. The van der Waals surface area contributed by atoms with Gasteiger partial charge in [0.2, 0.25) is 0 Å². The van der Waals surface area contributed by atoms with Crippen molar-refractivity contribution in [2.24, 2.45) is 0 Å². The van der Waals surface area contributed by atoms with Gasteiger partial charge >= 0.3 is 0 Å². The molecule has 1 heterocycles. The fourth-order valence-electron chi connectivity index (χ4n) is 2.30. The maximum absolute atomic E-state index is 5.38. The summed E-state index contributed by atoms with van der Waals surface area (Å²) in [7, 11) is 0. The summed E-state index contributed by atoms with van der Waals surface area (Å²) < 4.78 is 0. The van der Waals surface area contributed by atoms with Gasteiger partial charge in [-0.3, -0.25) is 0 Å². The Labute approximate surface area is 141 Å². The number of para-hydroxylation sites is 1. The summed E-state index contributed by atoms with van der Waals surface area (Å²) >= 11 is 5.38. The zero-order valence-corrected chi connectivity index (χ0v) is 13.4. The number of hydrogen-bond acceptors (Lipinski definition) is 2. The van der Waals surface area contributed by atoms with Gasteiger partial charge in [0.25, 0.3) is 0 Å².